The molecule has 5 heteroatoms. The molecule has 0 saturated heterocycles. The average Bonchev–Trinajstić information content (AvgIpc) is 2.51. The quantitative estimate of drug-likeness (QED) is 0.627. The molecule has 0 aliphatic rings. The van der Waals surface area contributed by atoms with E-state index < -0.39 is 0 Å². The second-order valence-electron chi connectivity index (χ2n) is 4.66. The maximum absolute atomic E-state index is 11.5. The lowest BCUT2D eigenvalue weighted by Crippen LogP contribution is -1.99. The van der Waals surface area contributed by atoms with Crippen LogP contribution in [0.1, 0.15) is 18.2 Å². The predicted molar refractivity (Wildman–Crippen MR) is 85.3 cm³/mol. The van der Waals surface area contributed by atoms with Crippen molar-refractivity contribution in [3.8, 4) is 11.5 Å². The first kappa shape index (κ1) is 15.8. The molecule has 5 nitrogen and oxygen atoms in total. The third-order valence-electron chi connectivity index (χ3n) is 3.15. The molecule has 1 aromatic carbocycles. The van der Waals surface area contributed by atoms with Gasteiger partial charge in [-0.1, -0.05) is 0 Å². The second kappa shape index (κ2) is 6.93. The number of carbonyl (C=O) groups excluding carboxylic acids is 1. The van der Waals surface area contributed by atoms with E-state index in [2.05, 4.69) is 4.98 Å². The Balaban J connectivity index is 2.60. The Labute approximate surface area is 129 Å². The molecule has 0 bridgehead atoms. The van der Waals surface area contributed by atoms with E-state index in [1.807, 2.05) is 19.1 Å². The number of aryl methyl sites for hydroxylation is 1. The highest BCUT2D eigenvalue weighted by molar-refractivity contribution is 5.96. The lowest BCUT2D eigenvalue weighted by Gasteiger charge is -2.11. The Kier molecular flexibility index (Phi) is 4.99. The van der Waals surface area contributed by atoms with Gasteiger partial charge in [0.15, 0.2) is 0 Å². The molecule has 0 fully saturated rings. The van der Waals surface area contributed by atoms with Crippen LogP contribution in [0.15, 0.2) is 24.3 Å². The molecule has 2 aromatic rings. The summed E-state index contributed by atoms with van der Waals surface area (Å²) in [5.41, 5.74) is 2.42. The minimum atomic E-state index is -0.375. The number of esters is 1. The molecule has 0 spiro atoms. The van der Waals surface area contributed by atoms with E-state index in [0.29, 0.717) is 18.1 Å². The van der Waals surface area contributed by atoms with Crippen LogP contribution >= 0.6 is 0 Å². The van der Waals surface area contributed by atoms with Gasteiger partial charge in [-0.25, -0.2) is 9.78 Å². The van der Waals surface area contributed by atoms with Gasteiger partial charge >= 0.3 is 5.97 Å². The molecule has 1 aromatic heterocycles. The number of benzene rings is 1. The first-order chi connectivity index (χ1) is 10.6. The Hall–Kier alpha value is -2.56. The molecule has 0 unspecified atom stereocenters. The number of ether oxygens (including phenoxy) is 3. The van der Waals surface area contributed by atoms with E-state index in [0.717, 1.165) is 22.2 Å². The van der Waals surface area contributed by atoms with E-state index >= 15 is 0 Å². The van der Waals surface area contributed by atoms with Crippen LogP contribution in [0, 0.1) is 6.92 Å². The first-order valence-electron chi connectivity index (χ1n) is 6.97. The van der Waals surface area contributed by atoms with Crippen molar-refractivity contribution in [3.63, 3.8) is 0 Å². The average molecular weight is 301 g/mol. The monoisotopic (exact) mass is 301 g/mol. The van der Waals surface area contributed by atoms with Gasteiger partial charge in [-0.3, -0.25) is 0 Å². The van der Waals surface area contributed by atoms with Crippen LogP contribution in [-0.4, -0.2) is 31.8 Å². The lowest BCUT2D eigenvalue weighted by molar-refractivity contribution is -0.137. The third kappa shape index (κ3) is 3.36. The second-order valence-corrected chi connectivity index (χ2v) is 4.66. The molecule has 0 saturated carbocycles. The maximum Gasteiger partial charge on any atom is 0.330 e. The van der Waals surface area contributed by atoms with E-state index in [9.17, 15) is 4.79 Å². The van der Waals surface area contributed by atoms with Crippen molar-refractivity contribution in [2.45, 2.75) is 13.8 Å². The first-order valence-corrected chi connectivity index (χ1v) is 6.97. The molecule has 0 amide bonds. The van der Waals surface area contributed by atoms with Gasteiger partial charge in [0.1, 0.15) is 17.0 Å². The SMILES string of the molecule is CCOC(=O)/C=C/c1cc(C)nc2c(OC)cc(OC)cc12. The molecule has 22 heavy (non-hydrogen) atoms. The van der Waals surface area contributed by atoms with Crippen molar-refractivity contribution in [3.05, 3.63) is 35.5 Å². The highest BCUT2D eigenvalue weighted by Gasteiger charge is 2.10. The number of fused-ring (bicyclic) bond motifs is 1. The zero-order valence-electron chi connectivity index (χ0n) is 13.2. The minimum absolute atomic E-state index is 0.348. The molecule has 2 rings (SSSR count). The number of hydrogen-bond donors (Lipinski definition) is 0. The minimum Gasteiger partial charge on any atom is -0.497 e. The highest BCUT2D eigenvalue weighted by atomic mass is 16.5. The molecular formula is C17H19NO4. The van der Waals surface area contributed by atoms with Crippen LogP contribution in [-0.2, 0) is 9.53 Å². The van der Waals surface area contributed by atoms with Crippen LogP contribution in [0.4, 0.5) is 0 Å². The van der Waals surface area contributed by atoms with Crippen LogP contribution < -0.4 is 9.47 Å². The smallest absolute Gasteiger partial charge is 0.330 e. The molecular weight excluding hydrogens is 282 g/mol. The fraction of sp³-hybridized carbons (Fsp3) is 0.294. The summed E-state index contributed by atoms with van der Waals surface area (Å²) >= 11 is 0. The summed E-state index contributed by atoms with van der Waals surface area (Å²) in [6.07, 6.45) is 3.12. The van der Waals surface area contributed by atoms with Gasteiger partial charge in [0, 0.05) is 23.2 Å². The molecule has 0 radical (unpaired) electrons. The summed E-state index contributed by atoms with van der Waals surface area (Å²) < 4.78 is 15.6. The summed E-state index contributed by atoms with van der Waals surface area (Å²) in [4.78, 5) is 16.0. The van der Waals surface area contributed by atoms with Crippen LogP contribution in [0.2, 0.25) is 0 Å². The lowest BCUT2D eigenvalue weighted by atomic mass is 10.1. The van der Waals surface area contributed by atoms with Crippen molar-refractivity contribution in [2.75, 3.05) is 20.8 Å². The van der Waals surface area contributed by atoms with Gasteiger partial charge in [-0.05, 0) is 37.6 Å². The van der Waals surface area contributed by atoms with Gasteiger partial charge in [0.2, 0.25) is 0 Å². The van der Waals surface area contributed by atoms with Crippen LogP contribution in [0.3, 0.4) is 0 Å². The Morgan fingerprint density at radius 3 is 2.64 bits per heavy atom. The molecule has 116 valence electrons. The molecule has 0 aliphatic carbocycles. The Bertz CT molecular complexity index is 722. The fourth-order valence-electron chi connectivity index (χ4n) is 2.19. The van der Waals surface area contributed by atoms with Crippen molar-refractivity contribution in [1.82, 2.24) is 4.98 Å². The summed E-state index contributed by atoms with van der Waals surface area (Å²) in [5, 5.41) is 0.849. The topological polar surface area (TPSA) is 57.7 Å². The zero-order valence-corrected chi connectivity index (χ0v) is 13.2. The van der Waals surface area contributed by atoms with Crippen molar-refractivity contribution in [1.29, 1.82) is 0 Å². The number of carbonyl (C=O) groups is 1. The molecule has 1 heterocycles. The summed E-state index contributed by atoms with van der Waals surface area (Å²) in [6.45, 7) is 4.01. The summed E-state index contributed by atoms with van der Waals surface area (Å²) in [7, 11) is 3.18. The predicted octanol–water partition coefficient (Wildman–Crippen LogP) is 3.14. The molecule has 0 atom stereocenters. The standard InChI is InChI=1S/C17H19NO4/c1-5-22-16(19)7-6-12-8-11(2)18-17-14(12)9-13(20-3)10-15(17)21-4/h6-10H,5H2,1-4H3/b7-6+. The number of rotatable bonds is 5. The van der Waals surface area contributed by atoms with E-state index in [1.54, 1.807) is 33.3 Å². The Morgan fingerprint density at radius 2 is 2.00 bits per heavy atom. The normalized spacial score (nSPS) is 10.9. The maximum atomic E-state index is 11.5. The summed E-state index contributed by atoms with van der Waals surface area (Å²) in [6, 6.07) is 5.56. The largest absolute Gasteiger partial charge is 0.497 e. The number of methoxy groups -OCH3 is 2. The van der Waals surface area contributed by atoms with E-state index in [4.69, 9.17) is 14.2 Å². The number of nitrogens with zero attached hydrogens (tertiary/aromatic N) is 1. The third-order valence-corrected chi connectivity index (χ3v) is 3.15. The summed E-state index contributed by atoms with van der Waals surface area (Å²) in [5.74, 6) is 0.921. The van der Waals surface area contributed by atoms with E-state index in [-0.39, 0.29) is 5.97 Å². The highest BCUT2D eigenvalue weighted by Crippen LogP contribution is 2.32. The van der Waals surface area contributed by atoms with Gasteiger partial charge in [0.05, 0.1) is 20.8 Å². The van der Waals surface area contributed by atoms with Gasteiger partial charge in [-0.2, -0.15) is 0 Å². The van der Waals surface area contributed by atoms with Gasteiger partial charge in [-0.15, -0.1) is 0 Å². The van der Waals surface area contributed by atoms with Crippen molar-refractivity contribution < 1.29 is 19.0 Å². The van der Waals surface area contributed by atoms with Gasteiger partial charge in [0.25, 0.3) is 0 Å². The van der Waals surface area contributed by atoms with Gasteiger partial charge < -0.3 is 14.2 Å². The molecule has 0 N–H and O–H groups in total. The number of hydrogen-bond acceptors (Lipinski definition) is 5. The van der Waals surface area contributed by atoms with Crippen LogP contribution in [0.25, 0.3) is 17.0 Å². The van der Waals surface area contributed by atoms with Crippen LogP contribution in [0.5, 0.6) is 11.5 Å². The van der Waals surface area contributed by atoms with Crippen molar-refractivity contribution >= 4 is 22.9 Å². The number of aromatic nitrogens is 1. The Morgan fingerprint density at radius 1 is 1.23 bits per heavy atom. The van der Waals surface area contributed by atoms with E-state index in [1.165, 1.54) is 6.08 Å². The van der Waals surface area contributed by atoms with Crippen molar-refractivity contribution in [2.24, 2.45) is 0 Å². The zero-order chi connectivity index (χ0) is 16.1. The fourth-order valence-corrected chi connectivity index (χ4v) is 2.19. The molecule has 0 aliphatic heterocycles. The number of pyridine rings is 1.